The van der Waals surface area contributed by atoms with Crippen LogP contribution >= 0.6 is 11.3 Å². The molecule has 3 heterocycles. The highest BCUT2D eigenvalue weighted by Crippen LogP contribution is 2.39. The van der Waals surface area contributed by atoms with E-state index in [0.29, 0.717) is 17.5 Å². The second-order valence-electron chi connectivity index (χ2n) is 13.3. The van der Waals surface area contributed by atoms with Crippen LogP contribution in [0, 0.1) is 0 Å². The van der Waals surface area contributed by atoms with Gasteiger partial charge < -0.3 is 4.57 Å². The molecule has 242 valence electrons. The molecule has 11 rings (SSSR count). The maximum atomic E-state index is 5.16. The molecule has 52 heavy (non-hydrogen) atoms. The molecule has 0 saturated carbocycles. The Hall–Kier alpha value is -6.69. The van der Waals surface area contributed by atoms with Gasteiger partial charge in [0.1, 0.15) is 0 Å². The highest BCUT2D eigenvalue weighted by molar-refractivity contribution is 7.25. The monoisotopic (exact) mass is 680 g/mol. The molecular formula is C47H28N4S. The average Bonchev–Trinajstić information content (AvgIpc) is 3.73. The van der Waals surface area contributed by atoms with Gasteiger partial charge in [0.05, 0.1) is 11.0 Å². The molecule has 0 aliphatic rings. The summed E-state index contributed by atoms with van der Waals surface area (Å²) in [6.45, 7) is 0. The van der Waals surface area contributed by atoms with E-state index in [9.17, 15) is 0 Å². The van der Waals surface area contributed by atoms with Gasteiger partial charge >= 0.3 is 0 Å². The van der Waals surface area contributed by atoms with Gasteiger partial charge in [0, 0.05) is 53.3 Å². The third-order valence-corrected chi connectivity index (χ3v) is 11.3. The first-order valence-electron chi connectivity index (χ1n) is 17.4. The van der Waals surface area contributed by atoms with Crippen molar-refractivity contribution in [1.29, 1.82) is 0 Å². The van der Waals surface area contributed by atoms with Crippen molar-refractivity contribution in [3.8, 4) is 39.9 Å². The Labute approximate surface area is 302 Å². The normalized spacial score (nSPS) is 11.8. The fraction of sp³-hybridized carbons (Fsp3) is 0. The average molecular weight is 681 g/mol. The Morgan fingerprint density at radius 2 is 0.865 bits per heavy atom. The van der Waals surface area contributed by atoms with Crippen LogP contribution in [0.2, 0.25) is 0 Å². The second kappa shape index (κ2) is 11.4. The minimum Gasteiger partial charge on any atom is -0.309 e. The standard InChI is InChI=1S/C47H28N4S/c1-2-11-29(12-3-1)45-48-46(50-47(49-45)35-21-22-38-37-19-8-9-20-43(37)52-44(38)28-35)34-17-10-18-36(23-34)51-41-26-32-15-6-4-13-30(32)24-39(41)40-25-31-14-5-7-16-33(31)27-42(40)51/h1-28H. The maximum Gasteiger partial charge on any atom is 0.164 e. The summed E-state index contributed by atoms with van der Waals surface area (Å²) < 4.78 is 4.89. The molecule has 0 spiro atoms. The van der Waals surface area contributed by atoms with Crippen molar-refractivity contribution in [2.24, 2.45) is 0 Å². The number of hydrogen-bond acceptors (Lipinski definition) is 4. The predicted octanol–water partition coefficient (Wildman–Crippen LogP) is 12.6. The first kappa shape index (κ1) is 29.1. The van der Waals surface area contributed by atoms with Gasteiger partial charge in [-0.05, 0) is 70.1 Å². The largest absolute Gasteiger partial charge is 0.309 e. The summed E-state index contributed by atoms with van der Waals surface area (Å²) in [7, 11) is 0. The third kappa shape index (κ3) is 4.64. The van der Waals surface area contributed by atoms with Crippen molar-refractivity contribution in [3.63, 3.8) is 0 Å². The van der Waals surface area contributed by atoms with E-state index in [1.54, 1.807) is 11.3 Å². The van der Waals surface area contributed by atoms with Crippen LogP contribution in [0.4, 0.5) is 0 Å². The highest BCUT2D eigenvalue weighted by atomic mass is 32.1. The van der Waals surface area contributed by atoms with Crippen LogP contribution < -0.4 is 0 Å². The van der Waals surface area contributed by atoms with Gasteiger partial charge in [-0.15, -0.1) is 11.3 Å². The number of hydrogen-bond donors (Lipinski definition) is 0. The van der Waals surface area contributed by atoms with E-state index in [1.807, 2.05) is 18.2 Å². The van der Waals surface area contributed by atoms with Gasteiger partial charge in [-0.3, -0.25) is 0 Å². The lowest BCUT2D eigenvalue weighted by Gasteiger charge is -2.12. The summed E-state index contributed by atoms with van der Waals surface area (Å²) >= 11 is 1.80. The summed E-state index contributed by atoms with van der Waals surface area (Å²) in [5, 5.41) is 9.88. The molecule has 0 atom stereocenters. The molecule has 5 heteroatoms. The molecule has 0 fully saturated rings. The van der Waals surface area contributed by atoms with Gasteiger partial charge in [-0.2, -0.15) is 0 Å². The van der Waals surface area contributed by atoms with Crippen molar-refractivity contribution >= 4 is 74.9 Å². The molecule has 3 aromatic heterocycles. The van der Waals surface area contributed by atoms with Crippen molar-refractivity contribution in [2.45, 2.75) is 0 Å². The zero-order valence-electron chi connectivity index (χ0n) is 27.9. The van der Waals surface area contributed by atoms with Gasteiger partial charge in [-0.1, -0.05) is 121 Å². The Balaban J connectivity index is 1.13. The Morgan fingerprint density at radius 3 is 1.54 bits per heavy atom. The van der Waals surface area contributed by atoms with Crippen LogP contribution in [-0.4, -0.2) is 19.5 Å². The second-order valence-corrected chi connectivity index (χ2v) is 14.4. The van der Waals surface area contributed by atoms with Gasteiger partial charge in [0.15, 0.2) is 17.5 Å². The maximum absolute atomic E-state index is 5.16. The van der Waals surface area contributed by atoms with Crippen molar-refractivity contribution in [2.75, 3.05) is 0 Å². The third-order valence-electron chi connectivity index (χ3n) is 10.2. The summed E-state index contributed by atoms with van der Waals surface area (Å²) in [6.07, 6.45) is 0. The molecule has 8 aromatic carbocycles. The van der Waals surface area contributed by atoms with Crippen molar-refractivity contribution < 1.29 is 0 Å². The molecule has 11 aromatic rings. The van der Waals surface area contributed by atoms with E-state index in [2.05, 4.69) is 156 Å². The summed E-state index contributed by atoms with van der Waals surface area (Å²) in [6, 6.07) is 60.4. The molecule has 0 unspecified atom stereocenters. The molecule has 0 N–H and O–H groups in total. The van der Waals surface area contributed by atoms with Gasteiger partial charge in [0.25, 0.3) is 0 Å². The zero-order valence-corrected chi connectivity index (χ0v) is 28.7. The van der Waals surface area contributed by atoms with E-state index >= 15 is 0 Å². The Bertz CT molecular complexity index is 3100. The van der Waals surface area contributed by atoms with E-state index in [0.717, 1.165) is 22.4 Å². The van der Waals surface area contributed by atoms with E-state index in [4.69, 9.17) is 15.0 Å². The van der Waals surface area contributed by atoms with Crippen LogP contribution in [0.25, 0.3) is 103 Å². The Kier molecular flexibility index (Phi) is 6.39. The lowest BCUT2D eigenvalue weighted by atomic mass is 10.0. The summed E-state index contributed by atoms with van der Waals surface area (Å²) in [5.41, 5.74) is 6.24. The summed E-state index contributed by atoms with van der Waals surface area (Å²) in [4.78, 5) is 15.3. The molecule has 0 radical (unpaired) electrons. The zero-order chi connectivity index (χ0) is 34.2. The smallest absolute Gasteiger partial charge is 0.164 e. The van der Waals surface area contributed by atoms with Crippen LogP contribution in [0.5, 0.6) is 0 Å². The van der Waals surface area contributed by atoms with E-state index in [1.165, 1.54) is 63.5 Å². The molecule has 0 aliphatic carbocycles. The molecule has 0 saturated heterocycles. The number of rotatable bonds is 4. The predicted molar refractivity (Wildman–Crippen MR) is 218 cm³/mol. The minimum atomic E-state index is 0.638. The van der Waals surface area contributed by atoms with E-state index in [-0.39, 0.29) is 0 Å². The molecule has 0 bridgehead atoms. The SMILES string of the molecule is c1ccc(-c2nc(-c3cccc(-n4c5cc6ccccc6cc5c5cc6ccccc6cc54)c3)nc(-c3ccc4c(c3)sc3ccccc34)n2)cc1. The topological polar surface area (TPSA) is 43.6 Å². The number of aromatic nitrogens is 4. The molecule has 0 aliphatic heterocycles. The minimum absolute atomic E-state index is 0.638. The molecule has 0 amide bonds. The lowest BCUT2D eigenvalue weighted by molar-refractivity contribution is 1.07. The molecule has 4 nitrogen and oxygen atoms in total. The first-order valence-corrected chi connectivity index (χ1v) is 18.2. The molecular weight excluding hydrogens is 653 g/mol. The fourth-order valence-electron chi connectivity index (χ4n) is 7.67. The van der Waals surface area contributed by atoms with Crippen LogP contribution in [0.1, 0.15) is 0 Å². The lowest BCUT2D eigenvalue weighted by Crippen LogP contribution is -2.01. The van der Waals surface area contributed by atoms with Gasteiger partial charge in [0.2, 0.25) is 0 Å². The Morgan fingerprint density at radius 1 is 0.346 bits per heavy atom. The number of fused-ring (bicyclic) bond motifs is 8. The van der Waals surface area contributed by atoms with Crippen LogP contribution in [-0.2, 0) is 0 Å². The van der Waals surface area contributed by atoms with Crippen molar-refractivity contribution in [1.82, 2.24) is 19.5 Å². The fourth-order valence-corrected chi connectivity index (χ4v) is 8.81. The van der Waals surface area contributed by atoms with Crippen LogP contribution in [0.3, 0.4) is 0 Å². The highest BCUT2D eigenvalue weighted by Gasteiger charge is 2.18. The number of benzene rings is 8. The van der Waals surface area contributed by atoms with Crippen molar-refractivity contribution in [3.05, 3.63) is 170 Å². The first-order chi connectivity index (χ1) is 25.7. The number of nitrogens with zero attached hydrogens (tertiary/aromatic N) is 4. The summed E-state index contributed by atoms with van der Waals surface area (Å²) in [5.74, 6) is 1.94. The van der Waals surface area contributed by atoms with E-state index < -0.39 is 0 Å². The number of thiophene rings is 1. The van der Waals surface area contributed by atoms with Crippen LogP contribution in [0.15, 0.2) is 170 Å². The quantitative estimate of drug-likeness (QED) is 0.186. The van der Waals surface area contributed by atoms with Gasteiger partial charge in [-0.25, -0.2) is 15.0 Å².